The van der Waals surface area contributed by atoms with Crippen LogP contribution in [0.1, 0.15) is 11.1 Å². The highest BCUT2D eigenvalue weighted by atomic mass is 32.3. The second-order valence-corrected chi connectivity index (χ2v) is 7.96. The molecule has 5 N–H and O–H groups in total. The highest BCUT2D eigenvalue weighted by molar-refractivity contribution is 7.81. The molecule has 12 nitrogen and oxygen atoms in total. The van der Waals surface area contributed by atoms with Gasteiger partial charge in [0.1, 0.15) is 24.4 Å². The first-order valence-corrected chi connectivity index (χ1v) is 10.3. The molecule has 0 saturated carbocycles. The number of aliphatic hydroxyl groups is 4. The van der Waals surface area contributed by atoms with E-state index in [9.17, 15) is 28.8 Å². The molecule has 30 heavy (non-hydrogen) atoms. The van der Waals surface area contributed by atoms with Crippen molar-refractivity contribution in [1.82, 2.24) is 0 Å². The van der Waals surface area contributed by atoms with Gasteiger partial charge < -0.3 is 34.6 Å². The molecule has 0 unspecified atom stereocenters. The molecule has 0 aliphatic carbocycles. The fraction of sp³-hybridized carbons (Fsp3) is 0.562. The van der Waals surface area contributed by atoms with Crippen molar-refractivity contribution in [1.29, 1.82) is 0 Å². The van der Waals surface area contributed by atoms with Gasteiger partial charge in [-0.05, 0) is 11.6 Å². The zero-order valence-electron chi connectivity index (χ0n) is 15.9. The Labute approximate surface area is 178 Å². The Balaban J connectivity index is 2.59. The molecule has 1 saturated heterocycles. The molecular formula is C16H23NO11S2. The van der Waals surface area contributed by atoms with E-state index in [0.29, 0.717) is 5.56 Å². The summed E-state index contributed by atoms with van der Waals surface area (Å²) in [4.78, 5) is -1.99. The minimum atomic E-state index is -4.79. The third kappa shape index (κ3) is 4.97. The van der Waals surface area contributed by atoms with Gasteiger partial charge in [-0.25, -0.2) is 4.28 Å². The summed E-state index contributed by atoms with van der Waals surface area (Å²) in [5.74, 6) is 0.279. The van der Waals surface area contributed by atoms with E-state index in [1.54, 1.807) is 0 Å². The fourth-order valence-electron chi connectivity index (χ4n) is 3.11. The van der Waals surface area contributed by atoms with Gasteiger partial charge in [0, 0.05) is 18.2 Å². The van der Waals surface area contributed by atoms with Crippen LogP contribution in [-0.4, -0.2) is 84.9 Å². The van der Waals surface area contributed by atoms with Gasteiger partial charge in [-0.15, -0.1) is 12.6 Å². The zero-order chi connectivity index (χ0) is 22.7. The predicted octanol–water partition coefficient (Wildman–Crippen LogP) is -1.39. The molecule has 14 heteroatoms. The minimum absolute atomic E-state index is 0.0634. The van der Waals surface area contributed by atoms with Crippen molar-refractivity contribution < 1.29 is 51.9 Å². The van der Waals surface area contributed by atoms with Gasteiger partial charge in [-0.2, -0.15) is 8.42 Å². The maximum absolute atomic E-state index is 10.7. The summed E-state index contributed by atoms with van der Waals surface area (Å²) < 4.78 is 50.0. The molecule has 1 aromatic carbocycles. The summed E-state index contributed by atoms with van der Waals surface area (Å²) in [7, 11) is -2.12. The number of nitrogens with zero attached hydrogens (tertiary/aromatic N) is 1. The van der Waals surface area contributed by atoms with Gasteiger partial charge in [0.25, 0.3) is 0 Å². The molecule has 2 rings (SSSR count). The van der Waals surface area contributed by atoms with E-state index in [0.717, 1.165) is 6.21 Å². The molecule has 1 fully saturated rings. The van der Waals surface area contributed by atoms with Crippen molar-refractivity contribution in [3.05, 3.63) is 23.3 Å². The average Bonchev–Trinajstić information content (AvgIpc) is 2.70. The van der Waals surface area contributed by atoms with Gasteiger partial charge in [-0.1, -0.05) is 11.2 Å². The van der Waals surface area contributed by atoms with Gasteiger partial charge in [0.2, 0.25) is 0 Å². The Kier molecular flexibility index (Phi) is 7.92. The first-order chi connectivity index (χ1) is 14.0. The second kappa shape index (κ2) is 9.65. The number of thiol groups is 1. The molecule has 1 aliphatic heterocycles. The van der Waals surface area contributed by atoms with Crippen molar-refractivity contribution >= 4 is 29.2 Å². The van der Waals surface area contributed by atoms with E-state index in [-0.39, 0.29) is 23.5 Å². The number of hydrogen-bond donors (Lipinski definition) is 6. The lowest BCUT2D eigenvalue weighted by atomic mass is 9.87. The van der Waals surface area contributed by atoms with Crippen LogP contribution in [-0.2, 0) is 30.8 Å². The number of benzene rings is 1. The van der Waals surface area contributed by atoms with Crippen LogP contribution in [0.4, 0.5) is 0 Å². The van der Waals surface area contributed by atoms with Crippen LogP contribution in [0.15, 0.2) is 17.3 Å². The van der Waals surface area contributed by atoms with Crippen LogP contribution in [0.3, 0.4) is 0 Å². The molecule has 0 bridgehead atoms. The topological polar surface area (TPSA) is 185 Å². The van der Waals surface area contributed by atoms with E-state index < -0.39 is 46.4 Å². The van der Waals surface area contributed by atoms with Crippen LogP contribution < -0.4 is 9.47 Å². The lowest BCUT2D eigenvalue weighted by molar-refractivity contribution is -0.245. The number of oxime groups is 1. The first kappa shape index (κ1) is 24.6. The molecule has 0 spiro atoms. The molecule has 0 radical (unpaired) electrons. The Morgan fingerprint density at radius 1 is 1.23 bits per heavy atom. The van der Waals surface area contributed by atoms with E-state index in [1.165, 1.54) is 26.4 Å². The third-order valence-corrected chi connectivity index (χ3v) is 5.35. The fourth-order valence-corrected chi connectivity index (χ4v) is 3.81. The van der Waals surface area contributed by atoms with Crippen LogP contribution >= 0.6 is 12.6 Å². The van der Waals surface area contributed by atoms with Gasteiger partial charge in [0.05, 0.1) is 20.8 Å². The smallest absolute Gasteiger partial charge is 0.466 e. The first-order valence-electron chi connectivity index (χ1n) is 8.47. The average molecular weight is 469 g/mol. The molecule has 1 heterocycles. The maximum atomic E-state index is 10.7. The third-order valence-electron chi connectivity index (χ3n) is 4.48. The Morgan fingerprint density at radius 2 is 1.90 bits per heavy atom. The van der Waals surface area contributed by atoms with Gasteiger partial charge in [0.15, 0.2) is 16.4 Å². The van der Waals surface area contributed by atoms with Crippen molar-refractivity contribution in [3.8, 4) is 11.5 Å². The molecule has 1 aromatic rings. The number of ether oxygens (including phenoxy) is 3. The zero-order valence-corrected chi connectivity index (χ0v) is 17.7. The highest BCUT2D eigenvalue weighted by Gasteiger charge is 2.54. The van der Waals surface area contributed by atoms with Crippen LogP contribution in [0, 0.1) is 0 Å². The number of rotatable bonds is 8. The number of methoxy groups -OCH3 is 2. The summed E-state index contributed by atoms with van der Waals surface area (Å²) in [5.41, 5.74) is 0.396. The molecule has 0 amide bonds. The lowest BCUT2D eigenvalue weighted by Crippen LogP contribution is -2.61. The lowest BCUT2D eigenvalue weighted by Gasteiger charge is -2.47. The van der Waals surface area contributed by atoms with Crippen LogP contribution in [0.2, 0.25) is 0 Å². The maximum Gasteiger partial charge on any atom is 0.466 e. The van der Waals surface area contributed by atoms with Gasteiger partial charge >= 0.3 is 10.4 Å². The number of hydrogen-bond acceptors (Lipinski definition) is 12. The van der Waals surface area contributed by atoms with Crippen molar-refractivity contribution in [3.63, 3.8) is 0 Å². The SMILES string of the molecule is COc1ccc(C/C=N/OS(=O)(=O)O)c([C@@]2(S)O[C@H](CO)[C@@H](O)[C@H](O)[C@H]2O)c1OC. The predicted molar refractivity (Wildman–Crippen MR) is 105 cm³/mol. The van der Waals surface area contributed by atoms with Crippen molar-refractivity contribution in [2.24, 2.45) is 5.16 Å². The molecule has 0 aromatic heterocycles. The summed E-state index contributed by atoms with van der Waals surface area (Å²) in [6.07, 6.45) is -5.50. The van der Waals surface area contributed by atoms with Gasteiger partial charge in [-0.3, -0.25) is 4.55 Å². The van der Waals surface area contributed by atoms with Crippen molar-refractivity contribution in [2.75, 3.05) is 20.8 Å². The molecule has 5 atom stereocenters. The second-order valence-electron chi connectivity index (χ2n) is 6.29. The van der Waals surface area contributed by atoms with Crippen LogP contribution in [0.5, 0.6) is 11.5 Å². The van der Waals surface area contributed by atoms with E-state index >= 15 is 0 Å². The highest BCUT2D eigenvalue weighted by Crippen LogP contribution is 2.49. The standard InChI is InChI=1S/C16H23NO11S2/c1-25-9-4-3-8(5-6-17-28-30(22,23)24)11(14(9)26-2)16(29)15(21)13(20)12(19)10(7-18)27-16/h3-4,6,10,12-13,15,18-21,29H,5,7H2,1-2H3,(H,22,23,24)/b17-6+/t10-,12-,13+,15-,16+/m1/s1. The molecule has 170 valence electrons. The number of aliphatic hydroxyl groups excluding tert-OH is 4. The van der Waals surface area contributed by atoms with E-state index in [4.69, 9.17) is 18.8 Å². The Hall–Kier alpha value is -1.65. The largest absolute Gasteiger partial charge is 0.493 e. The Morgan fingerprint density at radius 3 is 2.43 bits per heavy atom. The van der Waals surface area contributed by atoms with E-state index in [1.807, 2.05) is 0 Å². The Bertz CT molecular complexity index is 876. The van der Waals surface area contributed by atoms with Crippen LogP contribution in [0.25, 0.3) is 0 Å². The van der Waals surface area contributed by atoms with E-state index in [2.05, 4.69) is 22.1 Å². The summed E-state index contributed by atoms with van der Waals surface area (Å²) in [6, 6.07) is 3.02. The summed E-state index contributed by atoms with van der Waals surface area (Å²) in [5, 5.41) is 43.6. The summed E-state index contributed by atoms with van der Waals surface area (Å²) >= 11 is 4.42. The molecule has 1 aliphatic rings. The normalized spacial score (nSPS) is 29.7. The quantitative estimate of drug-likeness (QED) is 0.114. The van der Waals surface area contributed by atoms with Crippen molar-refractivity contribution in [2.45, 2.75) is 35.8 Å². The minimum Gasteiger partial charge on any atom is -0.493 e. The molecular weight excluding hydrogens is 446 g/mol. The monoisotopic (exact) mass is 469 g/mol. The summed E-state index contributed by atoms with van der Waals surface area (Å²) in [6.45, 7) is -0.682.